The van der Waals surface area contributed by atoms with Crippen LogP contribution in [0.4, 0.5) is 0 Å². The van der Waals surface area contributed by atoms with E-state index in [0.717, 1.165) is 57.1 Å². The second-order valence-corrected chi connectivity index (χ2v) is 7.71. The summed E-state index contributed by atoms with van der Waals surface area (Å²) in [5.41, 5.74) is 1.21. The van der Waals surface area contributed by atoms with Crippen molar-refractivity contribution in [3.63, 3.8) is 0 Å². The smallest absolute Gasteiger partial charge is 0.227 e. The molecule has 0 aromatic heterocycles. The number of nitrogens with zero attached hydrogens (tertiary/aromatic N) is 2. The van der Waals surface area contributed by atoms with Crippen molar-refractivity contribution in [2.45, 2.75) is 25.5 Å². The second kappa shape index (κ2) is 8.76. The zero-order valence-corrected chi connectivity index (χ0v) is 16.4. The molecule has 2 aromatic rings. The Hall–Kier alpha value is -2.37. The van der Waals surface area contributed by atoms with Crippen LogP contribution in [0.3, 0.4) is 0 Å². The van der Waals surface area contributed by atoms with Crippen LogP contribution in [-0.4, -0.2) is 55.1 Å². The predicted molar refractivity (Wildman–Crippen MR) is 108 cm³/mol. The summed E-state index contributed by atoms with van der Waals surface area (Å²) >= 11 is 0. The highest BCUT2D eigenvalue weighted by Gasteiger charge is 2.34. The fourth-order valence-corrected chi connectivity index (χ4v) is 4.15. The molecule has 0 radical (unpaired) electrons. The molecule has 28 heavy (non-hydrogen) atoms. The number of likely N-dealkylation sites (tertiary alicyclic amines) is 2. The van der Waals surface area contributed by atoms with E-state index < -0.39 is 0 Å². The van der Waals surface area contributed by atoms with Gasteiger partial charge < -0.3 is 14.4 Å². The lowest BCUT2D eigenvalue weighted by molar-refractivity contribution is -0.134. The van der Waals surface area contributed by atoms with E-state index in [1.54, 1.807) is 7.11 Å². The van der Waals surface area contributed by atoms with Crippen LogP contribution in [0.15, 0.2) is 54.6 Å². The lowest BCUT2D eigenvalue weighted by Crippen LogP contribution is -2.36. The average molecular weight is 380 g/mol. The van der Waals surface area contributed by atoms with Gasteiger partial charge in [0.15, 0.2) is 0 Å². The summed E-state index contributed by atoms with van der Waals surface area (Å²) in [4.78, 5) is 17.1. The van der Waals surface area contributed by atoms with E-state index in [2.05, 4.69) is 17.0 Å². The van der Waals surface area contributed by atoms with Crippen molar-refractivity contribution in [2.24, 2.45) is 5.92 Å². The van der Waals surface area contributed by atoms with E-state index in [4.69, 9.17) is 9.47 Å². The van der Waals surface area contributed by atoms with Gasteiger partial charge >= 0.3 is 0 Å². The molecule has 0 spiro atoms. The minimum Gasteiger partial charge on any atom is -0.457 e. The van der Waals surface area contributed by atoms with Crippen molar-refractivity contribution >= 4 is 5.91 Å². The van der Waals surface area contributed by atoms with Crippen molar-refractivity contribution < 1.29 is 14.3 Å². The lowest BCUT2D eigenvalue weighted by Gasteiger charge is -2.21. The first-order valence-corrected chi connectivity index (χ1v) is 10.1. The van der Waals surface area contributed by atoms with E-state index in [1.165, 1.54) is 5.56 Å². The van der Waals surface area contributed by atoms with Gasteiger partial charge in [-0.2, -0.15) is 0 Å². The Morgan fingerprint density at radius 2 is 1.82 bits per heavy atom. The topological polar surface area (TPSA) is 42.0 Å². The first kappa shape index (κ1) is 19.0. The quantitative estimate of drug-likeness (QED) is 0.769. The van der Waals surface area contributed by atoms with Gasteiger partial charge in [0.1, 0.15) is 11.5 Å². The summed E-state index contributed by atoms with van der Waals surface area (Å²) in [5.74, 6) is 2.09. The van der Waals surface area contributed by atoms with Gasteiger partial charge in [0.05, 0.1) is 12.0 Å². The number of hydrogen-bond acceptors (Lipinski definition) is 4. The molecule has 2 aliphatic rings. The van der Waals surface area contributed by atoms with Crippen LogP contribution in [0, 0.1) is 5.92 Å². The van der Waals surface area contributed by atoms with Gasteiger partial charge in [-0.3, -0.25) is 9.69 Å². The van der Waals surface area contributed by atoms with Gasteiger partial charge in [-0.25, -0.2) is 0 Å². The number of methoxy groups -OCH3 is 1. The van der Waals surface area contributed by atoms with Crippen molar-refractivity contribution in [1.29, 1.82) is 0 Å². The summed E-state index contributed by atoms with van der Waals surface area (Å²) in [7, 11) is 1.73. The van der Waals surface area contributed by atoms with E-state index in [9.17, 15) is 4.79 Å². The van der Waals surface area contributed by atoms with E-state index in [0.29, 0.717) is 5.91 Å². The highest BCUT2D eigenvalue weighted by Crippen LogP contribution is 2.26. The van der Waals surface area contributed by atoms with Gasteiger partial charge in [-0.1, -0.05) is 30.3 Å². The molecule has 1 amide bonds. The average Bonchev–Trinajstić information content (AvgIpc) is 3.38. The molecule has 2 atom stereocenters. The molecule has 2 aromatic carbocycles. The minimum absolute atomic E-state index is 0.111. The zero-order valence-electron chi connectivity index (χ0n) is 16.4. The summed E-state index contributed by atoms with van der Waals surface area (Å²) in [5, 5.41) is 0. The van der Waals surface area contributed by atoms with Crippen molar-refractivity contribution in [2.75, 3.05) is 33.3 Å². The molecule has 0 saturated carbocycles. The van der Waals surface area contributed by atoms with Crippen LogP contribution in [-0.2, 0) is 16.1 Å². The maximum Gasteiger partial charge on any atom is 0.227 e. The maximum absolute atomic E-state index is 12.8. The third-order valence-corrected chi connectivity index (χ3v) is 5.70. The van der Waals surface area contributed by atoms with Gasteiger partial charge in [0.2, 0.25) is 5.91 Å². The third-order valence-electron chi connectivity index (χ3n) is 5.70. The Morgan fingerprint density at radius 3 is 2.61 bits per heavy atom. The van der Waals surface area contributed by atoms with E-state index in [1.807, 2.05) is 47.4 Å². The van der Waals surface area contributed by atoms with Crippen molar-refractivity contribution in [3.05, 3.63) is 60.2 Å². The number of ether oxygens (including phenoxy) is 2. The van der Waals surface area contributed by atoms with E-state index >= 15 is 0 Å². The number of rotatable bonds is 6. The fourth-order valence-electron chi connectivity index (χ4n) is 4.15. The molecule has 2 aliphatic heterocycles. The molecule has 2 fully saturated rings. The lowest BCUT2D eigenvalue weighted by atomic mass is 10.1. The van der Waals surface area contributed by atoms with Crippen LogP contribution >= 0.6 is 0 Å². The maximum atomic E-state index is 12.8. The standard InChI is InChI=1S/C23H28N2O3/c1-27-22-11-13-25(17-22)23(26)19-10-12-24(16-19)15-18-6-5-9-21(14-18)28-20-7-3-2-4-8-20/h2-9,14,19,22H,10-13,15-17H2,1H3. The van der Waals surface area contributed by atoms with Crippen molar-refractivity contribution in [3.8, 4) is 11.5 Å². The molecule has 148 valence electrons. The molecular formula is C23H28N2O3. The predicted octanol–water partition coefficient (Wildman–Crippen LogP) is 3.55. The van der Waals surface area contributed by atoms with Gasteiger partial charge in [0.25, 0.3) is 0 Å². The molecule has 4 rings (SSSR count). The Morgan fingerprint density at radius 1 is 1.00 bits per heavy atom. The number of amides is 1. The Kier molecular flexibility index (Phi) is 5.93. The van der Waals surface area contributed by atoms with Crippen LogP contribution in [0.1, 0.15) is 18.4 Å². The van der Waals surface area contributed by atoms with Gasteiger partial charge in [0, 0.05) is 33.3 Å². The highest BCUT2D eigenvalue weighted by atomic mass is 16.5. The van der Waals surface area contributed by atoms with Crippen LogP contribution < -0.4 is 4.74 Å². The summed E-state index contributed by atoms with van der Waals surface area (Å²) in [6.07, 6.45) is 2.09. The van der Waals surface area contributed by atoms with E-state index in [-0.39, 0.29) is 12.0 Å². The molecule has 2 heterocycles. The SMILES string of the molecule is COC1CCN(C(=O)C2CCN(Cc3cccc(Oc4ccccc4)c3)C2)C1. The molecule has 0 aliphatic carbocycles. The third kappa shape index (κ3) is 4.54. The molecule has 2 unspecified atom stereocenters. The minimum atomic E-state index is 0.111. The van der Waals surface area contributed by atoms with Crippen LogP contribution in [0.25, 0.3) is 0 Å². The van der Waals surface area contributed by atoms with Crippen LogP contribution in [0.2, 0.25) is 0 Å². The normalized spacial score (nSPS) is 22.5. The molecular weight excluding hydrogens is 352 g/mol. The van der Waals surface area contributed by atoms with Crippen LogP contribution in [0.5, 0.6) is 11.5 Å². The number of carbonyl (C=O) groups excluding carboxylic acids is 1. The first-order valence-electron chi connectivity index (χ1n) is 10.1. The summed E-state index contributed by atoms with van der Waals surface area (Å²) in [6.45, 7) is 4.20. The highest BCUT2D eigenvalue weighted by molar-refractivity contribution is 5.79. The molecule has 2 saturated heterocycles. The largest absolute Gasteiger partial charge is 0.457 e. The Labute approximate surface area is 166 Å². The number of benzene rings is 2. The van der Waals surface area contributed by atoms with Gasteiger partial charge in [-0.15, -0.1) is 0 Å². The second-order valence-electron chi connectivity index (χ2n) is 7.71. The summed E-state index contributed by atoms with van der Waals surface area (Å²) in [6, 6.07) is 18.0. The first-order chi connectivity index (χ1) is 13.7. The molecule has 5 heteroatoms. The molecule has 5 nitrogen and oxygen atoms in total. The number of para-hydroxylation sites is 1. The molecule has 0 N–H and O–H groups in total. The zero-order chi connectivity index (χ0) is 19.3. The molecule has 0 bridgehead atoms. The summed E-state index contributed by atoms with van der Waals surface area (Å²) < 4.78 is 11.3. The Bertz CT molecular complexity index is 795. The number of carbonyl (C=O) groups is 1. The number of hydrogen-bond donors (Lipinski definition) is 0. The van der Waals surface area contributed by atoms with Crippen molar-refractivity contribution in [1.82, 2.24) is 9.80 Å². The van der Waals surface area contributed by atoms with Gasteiger partial charge in [-0.05, 0) is 49.2 Å². The Balaban J connectivity index is 1.32. The fraction of sp³-hybridized carbons (Fsp3) is 0.435. The monoisotopic (exact) mass is 380 g/mol.